The number of sulfonamides is 1. The van der Waals surface area contributed by atoms with Gasteiger partial charge in [-0.25, -0.2) is 8.42 Å². The van der Waals surface area contributed by atoms with Crippen molar-refractivity contribution in [3.05, 3.63) is 17.0 Å². The summed E-state index contributed by atoms with van der Waals surface area (Å²) in [6.45, 7) is 3.44. The van der Waals surface area contributed by atoms with E-state index in [9.17, 15) is 13.2 Å². The monoisotopic (exact) mass is 382 g/mol. The molecule has 2 N–H and O–H groups in total. The lowest BCUT2D eigenvalue weighted by Crippen LogP contribution is -2.43. The number of halogens is 1. The Morgan fingerprint density at radius 2 is 2.22 bits per heavy atom. The molecule has 0 aliphatic carbocycles. The number of carboxylic acids is 1. The number of rotatable bonds is 7. The number of hydrogen-bond acceptors (Lipinski definition) is 5. The molecule has 1 aromatic heterocycles. The molecule has 0 spiro atoms. The average molecular weight is 383 g/mol. The molecule has 0 saturated carbocycles. The van der Waals surface area contributed by atoms with E-state index >= 15 is 0 Å². The number of carbonyl (C=O) groups is 1. The zero-order chi connectivity index (χ0) is 16.2. The number of hydrogen-bond donors (Lipinski definition) is 2. The summed E-state index contributed by atoms with van der Waals surface area (Å²) >= 11 is 1.33. The van der Waals surface area contributed by atoms with Crippen molar-refractivity contribution in [3.8, 4) is 0 Å². The van der Waals surface area contributed by atoms with Gasteiger partial charge in [0.25, 0.3) is 10.0 Å². The highest BCUT2D eigenvalue weighted by molar-refractivity contribution is 7.91. The number of thiophene rings is 1. The Morgan fingerprint density at radius 1 is 1.48 bits per heavy atom. The third kappa shape index (κ3) is 5.42. The smallest absolute Gasteiger partial charge is 0.317 e. The van der Waals surface area contributed by atoms with Crippen LogP contribution in [0.4, 0.5) is 0 Å². The topological polar surface area (TPSA) is 86.7 Å². The molecule has 0 aromatic carbocycles. The second kappa shape index (κ2) is 8.98. The molecule has 1 saturated heterocycles. The van der Waals surface area contributed by atoms with Crippen LogP contribution in [0, 0.1) is 5.92 Å². The maximum absolute atomic E-state index is 12.7. The van der Waals surface area contributed by atoms with Crippen LogP contribution in [-0.2, 0) is 21.2 Å². The lowest BCUT2D eigenvalue weighted by Gasteiger charge is -2.31. The molecule has 1 aliphatic rings. The van der Waals surface area contributed by atoms with Crippen LogP contribution in [0.1, 0.15) is 24.6 Å². The van der Waals surface area contributed by atoms with Gasteiger partial charge in [0.15, 0.2) is 0 Å². The molecule has 2 rings (SSSR count). The van der Waals surface area contributed by atoms with Crippen LogP contribution in [0.2, 0.25) is 0 Å². The van der Waals surface area contributed by atoms with Crippen LogP contribution in [0.3, 0.4) is 0 Å². The number of piperidine rings is 1. The molecular weight excluding hydrogens is 360 g/mol. The van der Waals surface area contributed by atoms with Crippen molar-refractivity contribution in [2.75, 3.05) is 26.2 Å². The van der Waals surface area contributed by atoms with Crippen LogP contribution in [-0.4, -0.2) is 50.0 Å². The molecular formula is C14H23ClN2O4S2. The highest BCUT2D eigenvalue weighted by Gasteiger charge is 2.31. The van der Waals surface area contributed by atoms with Crippen LogP contribution >= 0.6 is 23.7 Å². The van der Waals surface area contributed by atoms with Gasteiger partial charge in [0, 0.05) is 18.0 Å². The molecule has 0 radical (unpaired) electrons. The standard InChI is InChI=1S/C14H22N2O4S2.ClH/c1-2-12-5-6-14(21-12)22(19,20)16-7-3-4-11(10-16)8-15-9-13(17)18;/h5-6,11,15H,2-4,7-10H2,1H3,(H,17,18);1H. The van der Waals surface area contributed by atoms with Crippen LogP contribution in [0.15, 0.2) is 16.3 Å². The Hall–Kier alpha value is -0.670. The van der Waals surface area contributed by atoms with Gasteiger partial charge in [-0.1, -0.05) is 6.92 Å². The Morgan fingerprint density at radius 3 is 2.83 bits per heavy atom. The molecule has 6 nitrogen and oxygen atoms in total. The van der Waals surface area contributed by atoms with E-state index in [1.54, 1.807) is 6.07 Å². The molecule has 1 unspecified atom stereocenters. The first-order valence-electron chi connectivity index (χ1n) is 7.45. The number of nitrogens with one attached hydrogen (secondary N) is 1. The van der Waals surface area contributed by atoms with Gasteiger partial charge in [0.2, 0.25) is 0 Å². The number of aryl methyl sites for hydroxylation is 1. The predicted octanol–water partition coefficient (Wildman–Crippen LogP) is 1.81. The summed E-state index contributed by atoms with van der Waals surface area (Å²) in [7, 11) is -3.42. The fourth-order valence-corrected chi connectivity index (χ4v) is 5.61. The highest BCUT2D eigenvalue weighted by Crippen LogP contribution is 2.28. The molecule has 1 atom stereocenters. The minimum absolute atomic E-state index is 0. The fourth-order valence-electron chi connectivity index (χ4n) is 2.61. The Kier molecular flexibility index (Phi) is 7.96. The summed E-state index contributed by atoms with van der Waals surface area (Å²) < 4.78 is 27.3. The summed E-state index contributed by atoms with van der Waals surface area (Å²) in [5, 5.41) is 11.5. The summed E-state index contributed by atoms with van der Waals surface area (Å²) in [5.74, 6) is -0.737. The molecule has 0 amide bonds. The van der Waals surface area contributed by atoms with Gasteiger partial charge in [-0.15, -0.1) is 23.7 Å². The predicted molar refractivity (Wildman–Crippen MR) is 92.9 cm³/mol. The van der Waals surface area contributed by atoms with Crippen molar-refractivity contribution in [2.24, 2.45) is 5.92 Å². The lowest BCUT2D eigenvalue weighted by atomic mass is 10.00. The van der Waals surface area contributed by atoms with E-state index in [1.165, 1.54) is 15.6 Å². The molecule has 132 valence electrons. The quantitative estimate of drug-likeness (QED) is 0.751. The summed E-state index contributed by atoms with van der Waals surface area (Å²) in [6.07, 6.45) is 2.57. The van der Waals surface area contributed by atoms with Gasteiger partial charge in [-0.2, -0.15) is 4.31 Å². The van der Waals surface area contributed by atoms with Crippen molar-refractivity contribution in [3.63, 3.8) is 0 Å². The van der Waals surface area contributed by atoms with Gasteiger partial charge in [0.1, 0.15) is 4.21 Å². The average Bonchev–Trinajstić information content (AvgIpc) is 2.97. The van der Waals surface area contributed by atoms with Gasteiger partial charge in [-0.3, -0.25) is 4.79 Å². The first kappa shape index (κ1) is 20.4. The van der Waals surface area contributed by atoms with E-state index in [0.29, 0.717) is 23.8 Å². The second-order valence-corrected chi connectivity index (χ2v) is 8.80. The van der Waals surface area contributed by atoms with E-state index in [0.717, 1.165) is 24.1 Å². The third-order valence-corrected chi connectivity index (χ3v) is 7.33. The second-order valence-electron chi connectivity index (χ2n) is 5.47. The zero-order valence-electron chi connectivity index (χ0n) is 13.0. The van der Waals surface area contributed by atoms with Crippen molar-refractivity contribution in [2.45, 2.75) is 30.4 Å². The minimum atomic E-state index is -3.42. The Bertz CT molecular complexity index is 618. The number of carboxylic acid groups (broad SMARTS) is 1. The van der Waals surface area contributed by atoms with Crippen LogP contribution < -0.4 is 5.32 Å². The molecule has 23 heavy (non-hydrogen) atoms. The molecule has 1 aliphatic heterocycles. The molecule has 9 heteroatoms. The first-order chi connectivity index (χ1) is 10.4. The molecule has 1 aromatic rings. The van der Waals surface area contributed by atoms with Crippen molar-refractivity contribution < 1.29 is 18.3 Å². The largest absolute Gasteiger partial charge is 0.480 e. The normalized spacial score (nSPS) is 19.3. The van der Waals surface area contributed by atoms with Crippen LogP contribution in [0.25, 0.3) is 0 Å². The van der Waals surface area contributed by atoms with E-state index in [-0.39, 0.29) is 24.9 Å². The number of aliphatic carboxylic acids is 1. The zero-order valence-corrected chi connectivity index (χ0v) is 15.5. The summed E-state index contributed by atoms with van der Waals surface area (Å²) in [4.78, 5) is 11.6. The van der Waals surface area contributed by atoms with Gasteiger partial charge < -0.3 is 10.4 Å². The minimum Gasteiger partial charge on any atom is -0.480 e. The van der Waals surface area contributed by atoms with Crippen molar-refractivity contribution in [1.29, 1.82) is 0 Å². The molecule has 0 bridgehead atoms. The third-order valence-electron chi connectivity index (χ3n) is 3.77. The summed E-state index contributed by atoms with van der Waals surface area (Å²) in [6, 6.07) is 3.55. The molecule has 1 fully saturated rings. The summed E-state index contributed by atoms with van der Waals surface area (Å²) in [5.41, 5.74) is 0. The van der Waals surface area contributed by atoms with Crippen LogP contribution in [0.5, 0.6) is 0 Å². The Labute approximate surface area is 147 Å². The highest BCUT2D eigenvalue weighted by atomic mass is 35.5. The van der Waals surface area contributed by atoms with Gasteiger partial charge >= 0.3 is 5.97 Å². The number of nitrogens with zero attached hydrogens (tertiary/aromatic N) is 1. The maximum atomic E-state index is 12.7. The first-order valence-corrected chi connectivity index (χ1v) is 9.70. The fraction of sp³-hybridized carbons (Fsp3) is 0.643. The molecule has 2 heterocycles. The van der Waals surface area contributed by atoms with Crippen molar-refractivity contribution in [1.82, 2.24) is 9.62 Å². The SMILES string of the molecule is CCc1ccc(S(=O)(=O)N2CCCC(CNCC(=O)O)C2)s1.Cl. The van der Waals surface area contributed by atoms with E-state index < -0.39 is 16.0 Å². The van der Waals surface area contributed by atoms with E-state index in [4.69, 9.17) is 5.11 Å². The van der Waals surface area contributed by atoms with Gasteiger partial charge in [-0.05, 0) is 43.9 Å². The van der Waals surface area contributed by atoms with E-state index in [1.807, 2.05) is 13.0 Å². The van der Waals surface area contributed by atoms with E-state index in [2.05, 4.69) is 5.32 Å². The van der Waals surface area contributed by atoms with Gasteiger partial charge in [0.05, 0.1) is 6.54 Å². The van der Waals surface area contributed by atoms with Crippen molar-refractivity contribution >= 4 is 39.7 Å². The Balaban J connectivity index is 0.00000264. The maximum Gasteiger partial charge on any atom is 0.317 e. The lowest BCUT2D eigenvalue weighted by molar-refractivity contribution is -0.136.